The molecule has 0 radical (unpaired) electrons. The van der Waals surface area contributed by atoms with Crippen molar-refractivity contribution in [2.24, 2.45) is 10.9 Å². The molecule has 7 heteroatoms. The Bertz CT molecular complexity index is 577. The van der Waals surface area contributed by atoms with E-state index < -0.39 is 0 Å². The van der Waals surface area contributed by atoms with Gasteiger partial charge >= 0.3 is 0 Å². The van der Waals surface area contributed by atoms with Gasteiger partial charge in [0.2, 0.25) is 0 Å². The summed E-state index contributed by atoms with van der Waals surface area (Å²) in [5.74, 6) is 1.77. The average Bonchev–Trinajstić information content (AvgIpc) is 3.09. The van der Waals surface area contributed by atoms with Gasteiger partial charge in [0.1, 0.15) is 0 Å². The third kappa shape index (κ3) is 6.06. The first-order valence-electron chi connectivity index (χ1n) is 9.41. The largest absolute Gasteiger partial charge is 0.379 e. The van der Waals surface area contributed by atoms with Crippen LogP contribution in [0.15, 0.2) is 23.5 Å². The van der Waals surface area contributed by atoms with Gasteiger partial charge in [0.05, 0.1) is 13.2 Å². The highest BCUT2D eigenvalue weighted by Crippen LogP contribution is 2.18. The van der Waals surface area contributed by atoms with E-state index in [1.807, 2.05) is 19.4 Å². The van der Waals surface area contributed by atoms with Crippen molar-refractivity contribution in [3.05, 3.63) is 29.6 Å². The summed E-state index contributed by atoms with van der Waals surface area (Å²) in [7, 11) is 1.88. The van der Waals surface area contributed by atoms with Gasteiger partial charge in [0, 0.05) is 58.7 Å². The minimum absolute atomic E-state index is 0. The first-order valence-corrected chi connectivity index (χ1v) is 9.41. The van der Waals surface area contributed by atoms with Crippen molar-refractivity contribution >= 4 is 29.9 Å². The van der Waals surface area contributed by atoms with Crippen LogP contribution >= 0.6 is 24.0 Å². The number of rotatable bonds is 5. The Morgan fingerprint density at radius 2 is 2.15 bits per heavy atom. The number of likely N-dealkylation sites (tertiary alicyclic amines) is 1. The summed E-state index contributed by atoms with van der Waals surface area (Å²) in [4.78, 5) is 13.6. The lowest BCUT2D eigenvalue weighted by molar-refractivity contribution is 0.0315. The number of aliphatic imine (C=N–C) groups is 1. The summed E-state index contributed by atoms with van der Waals surface area (Å²) < 4.78 is 5.44. The van der Waals surface area contributed by atoms with E-state index in [1.165, 1.54) is 24.1 Å². The predicted octanol–water partition coefficient (Wildman–Crippen LogP) is 1.78. The Morgan fingerprint density at radius 3 is 2.88 bits per heavy atom. The van der Waals surface area contributed by atoms with Gasteiger partial charge in [-0.1, -0.05) is 0 Å². The second-order valence-electron chi connectivity index (χ2n) is 7.04. The lowest BCUT2D eigenvalue weighted by atomic mass is 10.1. The van der Waals surface area contributed by atoms with Crippen molar-refractivity contribution in [2.75, 3.05) is 59.5 Å². The normalized spacial score (nSPS) is 21.5. The molecule has 2 fully saturated rings. The highest BCUT2D eigenvalue weighted by molar-refractivity contribution is 14.0. The van der Waals surface area contributed by atoms with Crippen molar-refractivity contribution < 1.29 is 4.74 Å². The van der Waals surface area contributed by atoms with E-state index in [2.05, 4.69) is 38.1 Å². The van der Waals surface area contributed by atoms with Crippen molar-refractivity contribution in [3.8, 4) is 0 Å². The number of halogens is 1. The number of aryl methyl sites for hydroxylation is 1. The number of guanidine groups is 1. The van der Waals surface area contributed by atoms with Crippen LogP contribution in [0.4, 0.5) is 0 Å². The first-order chi connectivity index (χ1) is 12.3. The molecule has 26 heavy (non-hydrogen) atoms. The first kappa shape index (κ1) is 21.4. The Labute approximate surface area is 174 Å². The third-order valence-electron chi connectivity index (χ3n) is 5.23. The maximum atomic E-state index is 5.44. The molecule has 0 aromatic carbocycles. The number of aromatic nitrogens is 1. The van der Waals surface area contributed by atoms with Gasteiger partial charge < -0.3 is 15.0 Å². The molecule has 2 aliphatic heterocycles. The molecular formula is C19H32IN5O. The predicted molar refractivity (Wildman–Crippen MR) is 116 cm³/mol. The van der Waals surface area contributed by atoms with E-state index in [1.54, 1.807) is 0 Å². The van der Waals surface area contributed by atoms with E-state index in [-0.39, 0.29) is 24.0 Å². The fourth-order valence-corrected chi connectivity index (χ4v) is 3.75. The standard InChI is InChI=1S/C19H31N5O.HI/c1-16-13-21-6-3-18(16)4-7-22-19(20-2)24-8-5-17(15-24)14-23-9-11-25-12-10-23;/h3,6,13,17H,4-5,7-12,14-15H2,1-2H3,(H,20,22);1H. The van der Waals surface area contributed by atoms with Crippen molar-refractivity contribution in [1.29, 1.82) is 0 Å². The molecule has 0 amide bonds. The Kier molecular flexibility index (Phi) is 9.07. The lowest BCUT2D eigenvalue weighted by Crippen LogP contribution is -2.42. The van der Waals surface area contributed by atoms with Crippen LogP contribution in [0.25, 0.3) is 0 Å². The molecular weight excluding hydrogens is 441 g/mol. The van der Waals surface area contributed by atoms with Crippen LogP contribution in [0, 0.1) is 12.8 Å². The summed E-state index contributed by atoms with van der Waals surface area (Å²) in [6.07, 6.45) is 6.05. The summed E-state index contributed by atoms with van der Waals surface area (Å²) in [6.45, 7) is 10.3. The molecule has 1 unspecified atom stereocenters. The average molecular weight is 473 g/mol. The number of hydrogen-bond donors (Lipinski definition) is 1. The summed E-state index contributed by atoms with van der Waals surface area (Å²) in [5, 5.41) is 3.53. The van der Waals surface area contributed by atoms with E-state index in [4.69, 9.17) is 4.74 Å². The molecule has 1 N–H and O–H groups in total. The molecule has 1 aromatic heterocycles. The zero-order chi connectivity index (χ0) is 17.5. The van der Waals surface area contributed by atoms with E-state index in [9.17, 15) is 0 Å². The second kappa shape index (κ2) is 11.0. The zero-order valence-corrected chi connectivity index (χ0v) is 18.3. The summed E-state index contributed by atoms with van der Waals surface area (Å²) >= 11 is 0. The SMILES string of the molecule is CN=C(NCCc1ccncc1C)N1CCC(CN2CCOCC2)C1.I. The molecule has 0 spiro atoms. The van der Waals surface area contributed by atoms with Crippen LogP contribution in [0.5, 0.6) is 0 Å². The maximum Gasteiger partial charge on any atom is 0.193 e. The van der Waals surface area contributed by atoms with Crippen molar-refractivity contribution in [1.82, 2.24) is 20.1 Å². The number of ether oxygens (including phenoxy) is 1. The fraction of sp³-hybridized carbons (Fsp3) is 0.684. The van der Waals surface area contributed by atoms with Crippen LogP contribution < -0.4 is 5.32 Å². The molecule has 0 saturated carbocycles. The van der Waals surface area contributed by atoms with Gasteiger partial charge in [0.25, 0.3) is 0 Å². The lowest BCUT2D eigenvalue weighted by Gasteiger charge is -2.29. The number of hydrogen-bond acceptors (Lipinski definition) is 4. The van der Waals surface area contributed by atoms with Crippen molar-refractivity contribution in [2.45, 2.75) is 19.8 Å². The van der Waals surface area contributed by atoms with Gasteiger partial charge in [-0.25, -0.2) is 0 Å². The molecule has 2 aliphatic rings. The molecule has 146 valence electrons. The van der Waals surface area contributed by atoms with Gasteiger partial charge in [-0.2, -0.15) is 0 Å². The van der Waals surface area contributed by atoms with Crippen LogP contribution in [-0.2, 0) is 11.2 Å². The Morgan fingerprint density at radius 1 is 1.35 bits per heavy atom. The summed E-state index contributed by atoms with van der Waals surface area (Å²) in [6, 6.07) is 2.11. The van der Waals surface area contributed by atoms with E-state index in [0.717, 1.165) is 64.2 Å². The van der Waals surface area contributed by atoms with Gasteiger partial charge in [0.15, 0.2) is 5.96 Å². The molecule has 3 rings (SSSR count). The molecule has 0 aliphatic carbocycles. The third-order valence-corrected chi connectivity index (χ3v) is 5.23. The molecule has 2 saturated heterocycles. The van der Waals surface area contributed by atoms with E-state index >= 15 is 0 Å². The molecule has 3 heterocycles. The monoisotopic (exact) mass is 473 g/mol. The highest BCUT2D eigenvalue weighted by atomic mass is 127. The number of morpholine rings is 1. The van der Waals surface area contributed by atoms with Crippen LogP contribution in [0.1, 0.15) is 17.5 Å². The Balaban J connectivity index is 0.00000243. The van der Waals surface area contributed by atoms with Gasteiger partial charge in [-0.15, -0.1) is 24.0 Å². The van der Waals surface area contributed by atoms with Crippen molar-refractivity contribution in [3.63, 3.8) is 0 Å². The number of nitrogens with one attached hydrogen (secondary N) is 1. The van der Waals surface area contributed by atoms with Crippen LogP contribution in [0.2, 0.25) is 0 Å². The topological polar surface area (TPSA) is 53.0 Å². The molecule has 6 nitrogen and oxygen atoms in total. The second-order valence-corrected chi connectivity index (χ2v) is 7.04. The molecule has 0 bridgehead atoms. The van der Waals surface area contributed by atoms with Crippen LogP contribution in [0.3, 0.4) is 0 Å². The minimum atomic E-state index is 0. The van der Waals surface area contributed by atoms with Gasteiger partial charge in [-0.05, 0) is 42.9 Å². The van der Waals surface area contributed by atoms with Gasteiger partial charge in [-0.3, -0.25) is 14.9 Å². The summed E-state index contributed by atoms with van der Waals surface area (Å²) in [5.41, 5.74) is 2.61. The highest BCUT2D eigenvalue weighted by Gasteiger charge is 2.26. The quantitative estimate of drug-likeness (QED) is 0.402. The zero-order valence-electron chi connectivity index (χ0n) is 16.0. The van der Waals surface area contributed by atoms with Crippen LogP contribution in [-0.4, -0.2) is 80.3 Å². The fourth-order valence-electron chi connectivity index (χ4n) is 3.75. The Hall–Kier alpha value is -0.930. The smallest absolute Gasteiger partial charge is 0.193 e. The molecule has 1 atom stereocenters. The number of pyridine rings is 1. The number of nitrogens with zero attached hydrogens (tertiary/aromatic N) is 4. The molecule has 1 aromatic rings. The van der Waals surface area contributed by atoms with E-state index in [0.29, 0.717) is 0 Å². The maximum absolute atomic E-state index is 5.44. The minimum Gasteiger partial charge on any atom is -0.379 e.